The third kappa shape index (κ3) is 3.64. The molecule has 1 aliphatic heterocycles. The van der Waals surface area contributed by atoms with E-state index < -0.39 is 0 Å². The monoisotopic (exact) mass is 339 g/mol. The Kier molecular flexibility index (Phi) is 5.00. The fourth-order valence-corrected chi connectivity index (χ4v) is 2.84. The summed E-state index contributed by atoms with van der Waals surface area (Å²) in [6.07, 6.45) is 3.56. The van der Waals surface area contributed by atoms with Crippen molar-refractivity contribution in [2.45, 2.75) is 26.5 Å². The van der Waals surface area contributed by atoms with E-state index in [0.29, 0.717) is 30.9 Å². The van der Waals surface area contributed by atoms with Gasteiger partial charge in [-0.3, -0.25) is 4.68 Å². The lowest BCUT2D eigenvalue weighted by Gasteiger charge is -2.32. The van der Waals surface area contributed by atoms with E-state index >= 15 is 0 Å². The number of anilines is 1. The number of nitrogens with zero attached hydrogens (tertiary/aromatic N) is 4. The maximum Gasteiger partial charge on any atom is 0.322 e. The number of urea groups is 1. The molecule has 1 fully saturated rings. The smallest absolute Gasteiger partial charge is 0.322 e. The summed E-state index contributed by atoms with van der Waals surface area (Å²) in [5, 5.41) is 16.3. The van der Waals surface area contributed by atoms with E-state index in [1.165, 1.54) is 0 Å². The maximum atomic E-state index is 12.6. The first-order chi connectivity index (χ1) is 12.1. The molecule has 2 heterocycles. The van der Waals surface area contributed by atoms with Crippen molar-refractivity contribution in [2.75, 3.05) is 25.0 Å². The summed E-state index contributed by atoms with van der Waals surface area (Å²) in [6, 6.07) is 7.25. The number of carbonyl (C=O) groups is 1. The van der Waals surface area contributed by atoms with Gasteiger partial charge in [0.15, 0.2) is 0 Å². The second-order valence-corrected chi connectivity index (χ2v) is 5.95. The average molecular weight is 339 g/mol. The third-order valence-electron chi connectivity index (χ3n) is 4.40. The van der Waals surface area contributed by atoms with Gasteiger partial charge in [-0.1, -0.05) is 6.07 Å². The van der Waals surface area contributed by atoms with E-state index in [4.69, 9.17) is 10.00 Å². The largest absolute Gasteiger partial charge is 0.370 e. The van der Waals surface area contributed by atoms with Crippen LogP contribution in [-0.4, -0.2) is 40.4 Å². The molecule has 3 rings (SSSR count). The highest BCUT2D eigenvalue weighted by Gasteiger charge is 2.26. The Morgan fingerprint density at radius 2 is 2.36 bits per heavy atom. The van der Waals surface area contributed by atoms with Crippen LogP contribution in [0.2, 0.25) is 0 Å². The summed E-state index contributed by atoms with van der Waals surface area (Å²) in [6.45, 7) is 6.13. The predicted octanol–water partition coefficient (Wildman–Crippen LogP) is 2.69. The van der Waals surface area contributed by atoms with Gasteiger partial charge in [-0.25, -0.2) is 4.79 Å². The summed E-state index contributed by atoms with van der Waals surface area (Å²) < 4.78 is 7.64. The number of ether oxygens (including phenoxy) is 1. The van der Waals surface area contributed by atoms with Crippen LogP contribution in [0.4, 0.5) is 10.5 Å². The normalized spacial score (nSPS) is 17.2. The minimum Gasteiger partial charge on any atom is -0.370 e. The summed E-state index contributed by atoms with van der Waals surface area (Å²) >= 11 is 0. The highest BCUT2D eigenvalue weighted by Crippen LogP contribution is 2.23. The molecule has 130 valence electrons. The summed E-state index contributed by atoms with van der Waals surface area (Å²) in [7, 11) is 0. The lowest BCUT2D eigenvalue weighted by molar-refractivity contribution is -0.0135. The SMILES string of the molecule is CCn1cc([C@@H]2CN(C(=O)Nc3cccc(C#N)c3C)CCO2)cn1. The van der Waals surface area contributed by atoms with E-state index in [1.807, 2.05) is 24.7 Å². The maximum absolute atomic E-state index is 12.6. The quantitative estimate of drug-likeness (QED) is 0.932. The second kappa shape index (κ2) is 7.36. The molecular weight excluding hydrogens is 318 g/mol. The molecule has 1 N–H and O–H groups in total. The molecule has 2 amide bonds. The lowest BCUT2D eigenvalue weighted by Crippen LogP contribution is -2.44. The number of aromatic nitrogens is 2. The first-order valence-corrected chi connectivity index (χ1v) is 8.32. The first kappa shape index (κ1) is 17.0. The number of hydrogen-bond donors (Lipinski definition) is 1. The topological polar surface area (TPSA) is 83.2 Å². The van der Waals surface area contributed by atoms with Gasteiger partial charge < -0.3 is 15.0 Å². The summed E-state index contributed by atoms with van der Waals surface area (Å²) in [4.78, 5) is 14.3. The molecule has 1 saturated heterocycles. The van der Waals surface area contributed by atoms with Gasteiger partial charge in [0, 0.05) is 30.5 Å². The van der Waals surface area contributed by atoms with E-state index in [2.05, 4.69) is 16.5 Å². The van der Waals surface area contributed by atoms with Gasteiger partial charge in [-0.15, -0.1) is 0 Å². The fourth-order valence-electron chi connectivity index (χ4n) is 2.84. The Morgan fingerprint density at radius 3 is 3.08 bits per heavy atom. The molecule has 1 aliphatic rings. The molecule has 0 saturated carbocycles. The van der Waals surface area contributed by atoms with Crippen LogP contribution in [0, 0.1) is 18.3 Å². The number of nitrogens with one attached hydrogen (secondary N) is 1. The molecule has 1 aromatic heterocycles. The van der Waals surface area contributed by atoms with Crippen molar-refractivity contribution in [3.63, 3.8) is 0 Å². The number of rotatable bonds is 3. The van der Waals surface area contributed by atoms with Gasteiger partial charge in [-0.2, -0.15) is 10.4 Å². The predicted molar refractivity (Wildman–Crippen MR) is 93.1 cm³/mol. The standard InChI is InChI=1S/C18H21N5O2/c1-3-23-11-15(10-20-23)17-12-22(7-8-25-17)18(24)21-16-6-4-5-14(9-19)13(16)2/h4-6,10-11,17H,3,7-8,12H2,1-2H3,(H,21,24)/t17-/m0/s1. The van der Waals surface area contributed by atoms with Crippen LogP contribution in [0.5, 0.6) is 0 Å². The minimum atomic E-state index is -0.186. The molecule has 0 spiro atoms. The molecular formula is C18H21N5O2. The molecule has 25 heavy (non-hydrogen) atoms. The second-order valence-electron chi connectivity index (χ2n) is 5.95. The average Bonchev–Trinajstić information content (AvgIpc) is 3.13. The van der Waals surface area contributed by atoms with Crippen molar-refractivity contribution in [3.05, 3.63) is 47.3 Å². The van der Waals surface area contributed by atoms with Gasteiger partial charge in [0.2, 0.25) is 0 Å². The number of morpholine rings is 1. The Bertz CT molecular complexity index is 808. The van der Waals surface area contributed by atoms with Crippen molar-refractivity contribution in [2.24, 2.45) is 0 Å². The Balaban J connectivity index is 1.69. The van der Waals surface area contributed by atoms with Crippen LogP contribution in [0.1, 0.15) is 29.7 Å². The molecule has 7 heteroatoms. The first-order valence-electron chi connectivity index (χ1n) is 8.32. The zero-order chi connectivity index (χ0) is 17.8. The van der Waals surface area contributed by atoms with E-state index in [0.717, 1.165) is 17.7 Å². The van der Waals surface area contributed by atoms with Crippen molar-refractivity contribution in [3.8, 4) is 6.07 Å². The molecule has 1 atom stereocenters. The Labute approximate surface area is 146 Å². The van der Waals surface area contributed by atoms with E-state index in [1.54, 1.807) is 29.3 Å². The Morgan fingerprint density at radius 1 is 1.52 bits per heavy atom. The zero-order valence-electron chi connectivity index (χ0n) is 14.4. The molecule has 0 bridgehead atoms. The van der Waals surface area contributed by atoms with Gasteiger partial charge >= 0.3 is 6.03 Å². The van der Waals surface area contributed by atoms with Crippen LogP contribution in [0.3, 0.4) is 0 Å². The number of benzene rings is 1. The van der Waals surface area contributed by atoms with Crippen LogP contribution < -0.4 is 5.32 Å². The van der Waals surface area contributed by atoms with Crippen LogP contribution in [0.25, 0.3) is 0 Å². The molecule has 1 aromatic carbocycles. The summed E-state index contributed by atoms with van der Waals surface area (Å²) in [5.41, 5.74) is 2.96. The van der Waals surface area contributed by atoms with Crippen molar-refractivity contribution >= 4 is 11.7 Å². The number of nitriles is 1. The van der Waals surface area contributed by atoms with Crippen molar-refractivity contribution in [1.29, 1.82) is 5.26 Å². The molecule has 2 aromatic rings. The number of amides is 2. The Hall–Kier alpha value is -2.85. The minimum absolute atomic E-state index is 0.175. The molecule has 0 radical (unpaired) electrons. The summed E-state index contributed by atoms with van der Waals surface area (Å²) in [5.74, 6) is 0. The highest BCUT2D eigenvalue weighted by molar-refractivity contribution is 5.90. The zero-order valence-corrected chi connectivity index (χ0v) is 14.4. The number of carbonyl (C=O) groups excluding carboxylic acids is 1. The van der Waals surface area contributed by atoms with Gasteiger partial charge in [-0.05, 0) is 31.5 Å². The van der Waals surface area contributed by atoms with Crippen LogP contribution in [0.15, 0.2) is 30.6 Å². The lowest BCUT2D eigenvalue weighted by atomic mass is 10.1. The number of hydrogen-bond acceptors (Lipinski definition) is 4. The van der Waals surface area contributed by atoms with E-state index in [9.17, 15) is 4.79 Å². The van der Waals surface area contributed by atoms with Crippen LogP contribution in [-0.2, 0) is 11.3 Å². The number of aryl methyl sites for hydroxylation is 1. The van der Waals surface area contributed by atoms with Crippen molar-refractivity contribution < 1.29 is 9.53 Å². The van der Waals surface area contributed by atoms with E-state index in [-0.39, 0.29) is 12.1 Å². The molecule has 7 nitrogen and oxygen atoms in total. The molecule has 0 aliphatic carbocycles. The van der Waals surface area contributed by atoms with Crippen molar-refractivity contribution in [1.82, 2.24) is 14.7 Å². The molecule has 0 unspecified atom stereocenters. The third-order valence-corrected chi connectivity index (χ3v) is 4.40. The van der Waals surface area contributed by atoms with Gasteiger partial charge in [0.05, 0.1) is 31.0 Å². The highest BCUT2D eigenvalue weighted by atomic mass is 16.5. The van der Waals surface area contributed by atoms with Gasteiger partial charge in [0.25, 0.3) is 0 Å². The van der Waals surface area contributed by atoms with Crippen LogP contribution >= 0.6 is 0 Å². The van der Waals surface area contributed by atoms with Gasteiger partial charge in [0.1, 0.15) is 6.10 Å². The fraction of sp³-hybridized carbons (Fsp3) is 0.389.